The zero-order chi connectivity index (χ0) is 23.3. The Morgan fingerprint density at radius 1 is 1.12 bits per heavy atom. The van der Waals surface area contributed by atoms with E-state index in [1.807, 2.05) is 31.2 Å². The fraction of sp³-hybridized carbons (Fsp3) is 0.391. The summed E-state index contributed by atoms with van der Waals surface area (Å²) in [6.45, 7) is 4.77. The molecule has 2 aromatic rings. The molecule has 1 aliphatic heterocycles. The third-order valence-corrected chi connectivity index (χ3v) is 7.58. The van der Waals surface area contributed by atoms with Gasteiger partial charge in [0.1, 0.15) is 0 Å². The molecule has 1 unspecified atom stereocenters. The van der Waals surface area contributed by atoms with Crippen molar-refractivity contribution < 1.29 is 22.7 Å². The first-order valence-corrected chi connectivity index (χ1v) is 12.0. The first-order chi connectivity index (χ1) is 15.2. The highest BCUT2D eigenvalue weighted by Gasteiger charge is 2.31. The molecule has 0 spiro atoms. The second-order valence-electron chi connectivity index (χ2n) is 8.04. The van der Waals surface area contributed by atoms with Crippen molar-refractivity contribution in [2.45, 2.75) is 31.6 Å². The second kappa shape index (κ2) is 10.1. The van der Waals surface area contributed by atoms with E-state index < -0.39 is 16.0 Å². The lowest BCUT2D eigenvalue weighted by Crippen LogP contribution is -2.44. The maximum absolute atomic E-state index is 13.2. The number of nitrogens with one attached hydrogen (secondary N) is 2. The van der Waals surface area contributed by atoms with Crippen molar-refractivity contribution in [2.24, 2.45) is 5.92 Å². The van der Waals surface area contributed by atoms with Crippen molar-refractivity contribution in [3.05, 3.63) is 59.2 Å². The fourth-order valence-corrected chi connectivity index (χ4v) is 5.54. The standard InChI is InChI=1S/C23H29N3O5S/c1-16-6-9-20(10-7-16)25-23(28)24-14-18-5-4-12-26(15-18)32(29,30)21-11-8-19(13-17(21)2)22(27)31-3/h6-11,13,18H,4-5,12,14-15H2,1-3H3,(H2,24,25,28). The summed E-state index contributed by atoms with van der Waals surface area (Å²) in [4.78, 5) is 24.1. The molecule has 2 amide bonds. The molecule has 0 saturated carbocycles. The molecule has 32 heavy (non-hydrogen) atoms. The SMILES string of the molecule is COC(=O)c1ccc(S(=O)(=O)N2CCCC(CNC(=O)Nc3ccc(C)cc3)C2)c(C)c1. The summed E-state index contributed by atoms with van der Waals surface area (Å²) in [5.41, 5.74) is 2.61. The third kappa shape index (κ3) is 5.66. The Bertz CT molecular complexity index is 1080. The number of hydrogen-bond donors (Lipinski definition) is 2. The number of esters is 1. The van der Waals surface area contributed by atoms with Crippen molar-refractivity contribution in [3.63, 3.8) is 0 Å². The van der Waals surface area contributed by atoms with Crippen LogP contribution < -0.4 is 10.6 Å². The summed E-state index contributed by atoms with van der Waals surface area (Å²) in [6.07, 6.45) is 1.54. The number of hydrogen-bond acceptors (Lipinski definition) is 5. The molecule has 9 heteroatoms. The van der Waals surface area contributed by atoms with E-state index in [2.05, 4.69) is 10.6 Å². The van der Waals surface area contributed by atoms with Gasteiger partial charge in [-0.3, -0.25) is 0 Å². The van der Waals surface area contributed by atoms with Crippen LogP contribution in [0.15, 0.2) is 47.4 Å². The number of urea groups is 1. The number of carbonyl (C=O) groups excluding carboxylic acids is 2. The molecule has 1 atom stereocenters. The van der Waals surface area contributed by atoms with Crippen molar-refractivity contribution >= 4 is 27.7 Å². The van der Waals surface area contributed by atoms with Gasteiger partial charge in [0, 0.05) is 25.3 Å². The average molecular weight is 460 g/mol. The molecule has 1 aliphatic rings. The van der Waals surface area contributed by atoms with Gasteiger partial charge in [0.05, 0.1) is 17.6 Å². The molecule has 0 aromatic heterocycles. The van der Waals surface area contributed by atoms with Gasteiger partial charge in [-0.05, 0) is 68.5 Å². The van der Waals surface area contributed by atoms with E-state index in [0.717, 1.165) is 12.0 Å². The zero-order valence-corrected chi connectivity index (χ0v) is 19.4. The van der Waals surface area contributed by atoms with Crippen molar-refractivity contribution in [1.29, 1.82) is 0 Å². The number of aryl methyl sites for hydroxylation is 2. The van der Waals surface area contributed by atoms with Gasteiger partial charge in [0.15, 0.2) is 0 Å². The lowest BCUT2D eigenvalue weighted by atomic mass is 10.00. The molecular weight excluding hydrogens is 430 g/mol. The summed E-state index contributed by atoms with van der Waals surface area (Å²) < 4.78 is 32.6. The maximum atomic E-state index is 13.2. The summed E-state index contributed by atoms with van der Waals surface area (Å²) >= 11 is 0. The van der Waals surface area contributed by atoms with E-state index in [-0.39, 0.29) is 16.8 Å². The molecule has 0 radical (unpaired) electrons. The van der Waals surface area contributed by atoms with Crippen LogP contribution in [0.4, 0.5) is 10.5 Å². The monoisotopic (exact) mass is 459 g/mol. The highest BCUT2D eigenvalue weighted by Crippen LogP contribution is 2.26. The number of ether oxygens (including phenoxy) is 1. The number of methoxy groups -OCH3 is 1. The highest BCUT2D eigenvalue weighted by molar-refractivity contribution is 7.89. The predicted molar refractivity (Wildman–Crippen MR) is 122 cm³/mol. The number of anilines is 1. The Labute approximate surface area is 189 Å². The van der Waals surface area contributed by atoms with Crippen molar-refractivity contribution in [2.75, 3.05) is 32.1 Å². The third-order valence-electron chi connectivity index (χ3n) is 5.56. The molecule has 2 N–H and O–H groups in total. The molecule has 3 rings (SSSR count). The Balaban J connectivity index is 1.61. The molecule has 1 saturated heterocycles. The van der Waals surface area contributed by atoms with E-state index in [1.165, 1.54) is 29.6 Å². The Kier molecular flexibility index (Phi) is 7.52. The van der Waals surface area contributed by atoms with Crippen LogP contribution in [0.3, 0.4) is 0 Å². The predicted octanol–water partition coefficient (Wildman–Crippen LogP) is 3.31. The van der Waals surface area contributed by atoms with Gasteiger partial charge in [-0.1, -0.05) is 17.7 Å². The fourth-order valence-electron chi connectivity index (χ4n) is 3.78. The van der Waals surface area contributed by atoms with Crippen LogP contribution in [0.1, 0.15) is 34.3 Å². The number of benzene rings is 2. The maximum Gasteiger partial charge on any atom is 0.337 e. The van der Waals surface area contributed by atoms with E-state index >= 15 is 0 Å². The molecule has 0 aliphatic carbocycles. The average Bonchev–Trinajstić information content (AvgIpc) is 2.78. The van der Waals surface area contributed by atoms with Crippen LogP contribution in [-0.2, 0) is 14.8 Å². The van der Waals surface area contributed by atoms with Gasteiger partial charge in [0.2, 0.25) is 10.0 Å². The summed E-state index contributed by atoms with van der Waals surface area (Å²) in [7, 11) is -2.43. The number of amides is 2. The minimum atomic E-state index is -3.71. The number of sulfonamides is 1. The van der Waals surface area contributed by atoms with Gasteiger partial charge in [-0.15, -0.1) is 0 Å². The second-order valence-corrected chi connectivity index (χ2v) is 9.95. The van der Waals surface area contributed by atoms with Gasteiger partial charge < -0.3 is 15.4 Å². The van der Waals surface area contributed by atoms with Crippen molar-refractivity contribution in [1.82, 2.24) is 9.62 Å². The van der Waals surface area contributed by atoms with Gasteiger partial charge in [0.25, 0.3) is 0 Å². The topological polar surface area (TPSA) is 105 Å². The van der Waals surface area contributed by atoms with Gasteiger partial charge in [-0.25, -0.2) is 18.0 Å². The van der Waals surface area contributed by atoms with Crippen LogP contribution in [0.25, 0.3) is 0 Å². The van der Waals surface area contributed by atoms with Gasteiger partial charge >= 0.3 is 12.0 Å². The number of carbonyl (C=O) groups is 2. The lowest BCUT2D eigenvalue weighted by Gasteiger charge is -2.32. The molecule has 2 aromatic carbocycles. The number of nitrogens with zero attached hydrogens (tertiary/aromatic N) is 1. The molecule has 1 fully saturated rings. The largest absolute Gasteiger partial charge is 0.465 e. The molecule has 0 bridgehead atoms. The highest BCUT2D eigenvalue weighted by atomic mass is 32.2. The molecule has 1 heterocycles. The molecule has 172 valence electrons. The first kappa shape index (κ1) is 23.7. The van der Waals surface area contributed by atoms with Gasteiger partial charge in [-0.2, -0.15) is 4.31 Å². The molecule has 8 nitrogen and oxygen atoms in total. The lowest BCUT2D eigenvalue weighted by molar-refractivity contribution is 0.0600. The van der Waals surface area contributed by atoms with E-state index in [9.17, 15) is 18.0 Å². The van der Waals surface area contributed by atoms with Crippen molar-refractivity contribution in [3.8, 4) is 0 Å². The molecular formula is C23H29N3O5S. The zero-order valence-electron chi connectivity index (χ0n) is 18.6. The summed E-state index contributed by atoms with van der Waals surface area (Å²) in [5.74, 6) is -0.498. The smallest absolute Gasteiger partial charge is 0.337 e. The van der Waals surface area contributed by atoms with Crippen LogP contribution >= 0.6 is 0 Å². The number of rotatable bonds is 6. The summed E-state index contributed by atoms with van der Waals surface area (Å²) in [6, 6.07) is 11.6. The van der Waals surface area contributed by atoms with E-state index in [0.29, 0.717) is 42.9 Å². The Hall–Kier alpha value is -2.91. The van der Waals surface area contributed by atoms with Crippen LogP contribution in [0.2, 0.25) is 0 Å². The number of piperidine rings is 1. The Morgan fingerprint density at radius 3 is 2.50 bits per heavy atom. The van der Waals surface area contributed by atoms with Crippen LogP contribution in [0, 0.1) is 19.8 Å². The van der Waals surface area contributed by atoms with E-state index in [4.69, 9.17) is 4.74 Å². The Morgan fingerprint density at radius 2 is 1.84 bits per heavy atom. The van der Waals surface area contributed by atoms with E-state index in [1.54, 1.807) is 6.92 Å². The first-order valence-electron chi connectivity index (χ1n) is 10.5. The normalized spacial score (nSPS) is 16.9. The summed E-state index contributed by atoms with van der Waals surface area (Å²) in [5, 5.41) is 5.63. The van der Waals surface area contributed by atoms with Crippen LogP contribution in [-0.4, -0.2) is 51.5 Å². The minimum Gasteiger partial charge on any atom is -0.465 e. The quantitative estimate of drug-likeness (QED) is 0.645. The minimum absolute atomic E-state index is 0.0111. The van der Waals surface area contributed by atoms with Crippen LogP contribution in [0.5, 0.6) is 0 Å².